The second-order valence-corrected chi connectivity index (χ2v) is 8.06. The van der Waals surface area contributed by atoms with E-state index in [0.29, 0.717) is 30.4 Å². The molecule has 6 heteroatoms. The van der Waals surface area contributed by atoms with Gasteiger partial charge in [-0.3, -0.25) is 0 Å². The van der Waals surface area contributed by atoms with Gasteiger partial charge in [0.15, 0.2) is 0 Å². The van der Waals surface area contributed by atoms with Crippen LogP contribution in [0, 0.1) is 5.92 Å². The number of esters is 1. The van der Waals surface area contributed by atoms with Gasteiger partial charge in [-0.25, -0.2) is 9.59 Å². The average Bonchev–Trinajstić information content (AvgIpc) is 2.78. The van der Waals surface area contributed by atoms with Crippen LogP contribution < -0.4 is 16.0 Å². The third kappa shape index (κ3) is 7.72. The van der Waals surface area contributed by atoms with Gasteiger partial charge in [0.05, 0.1) is 12.2 Å². The topological polar surface area (TPSA) is 79.5 Å². The number of carbonyl (C=O) groups excluding carboxylic acids is 2. The molecule has 0 spiro atoms. The van der Waals surface area contributed by atoms with Gasteiger partial charge in [-0.2, -0.15) is 0 Å². The molecule has 31 heavy (non-hydrogen) atoms. The average molecular weight is 424 g/mol. The van der Waals surface area contributed by atoms with E-state index < -0.39 is 5.97 Å². The van der Waals surface area contributed by atoms with E-state index in [1.54, 1.807) is 31.2 Å². The Morgan fingerprint density at radius 3 is 2.77 bits per heavy atom. The molecule has 6 nitrogen and oxygen atoms in total. The van der Waals surface area contributed by atoms with E-state index in [2.05, 4.69) is 46.3 Å². The monoisotopic (exact) mass is 423 g/mol. The van der Waals surface area contributed by atoms with E-state index in [1.807, 2.05) is 0 Å². The van der Waals surface area contributed by atoms with Crippen molar-refractivity contribution in [1.82, 2.24) is 10.6 Å². The summed E-state index contributed by atoms with van der Waals surface area (Å²) in [6.45, 7) is 3.76. The highest BCUT2D eigenvalue weighted by Gasteiger charge is 2.21. The molecule has 1 fully saturated rings. The molecule has 166 valence electrons. The molecule has 0 saturated carbocycles. The summed E-state index contributed by atoms with van der Waals surface area (Å²) in [7, 11) is 0. The molecule has 1 aliphatic heterocycles. The fourth-order valence-electron chi connectivity index (χ4n) is 4.11. The quantitative estimate of drug-likeness (QED) is 0.413. The van der Waals surface area contributed by atoms with Crippen LogP contribution in [0.5, 0.6) is 0 Å². The second-order valence-electron chi connectivity index (χ2n) is 8.06. The van der Waals surface area contributed by atoms with Gasteiger partial charge < -0.3 is 20.7 Å². The van der Waals surface area contributed by atoms with E-state index in [9.17, 15) is 9.59 Å². The Bertz CT molecular complexity index is 841. The van der Waals surface area contributed by atoms with Crippen molar-refractivity contribution in [3.05, 3.63) is 65.7 Å². The normalized spacial score (nSPS) is 18.2. The number of urea groups is 1. The zero-order valence-corrected chi connectivity index (χ0v) is 18.2. The number of benzene rings is 2. The van der Waals surface area contributed by atoms with Crippen LogP contribution in [0.1, 0.15) is 48.5 Å². The van der Waals surface area contributed by atoms with Crippen LogP contribution >= 0.6 is 0 Å². The Balaban J connectivity index is 1.35. The van der Waals surface area contributed by atoms with Gasteiger partial charge in [-0.1, -0.05) is 36.4 Å². The van der Waals surface area contributed by atoms with Crippen LogP contribution in [0.3, 0.4) is 0 Å². The molecule has 2 amide bonds. The summed E-state index contributed by atoms with van der Waals surface area (Å²) in [4.78, 5) is 24.0. The number of ether oxygens (including phenoxy) is 1. The largest absolute Gasteiger partial charge is 0.462 e. The molecular weight excluding hydrogens is 390 g/mol. The van der Waals surface area contributed by atoms with Crippen LogP contribution in [0.2, 0.25) is 0 Å². The summed E-state index contributed by atoms with van der Waals surface area (Å²) in [6, 6.07) is 17.7. The highest BCUT2D eigenvalue weighted by molar-refractivity contribution is 5.93. The molecule has 2 aromatic rings. The lowest BCUT2D eigenvalue weighted by Gasteiger charge is -2.30. The third-order valence-electron chi connectivity index (χ3n) is 5.62. The summed E-state index contributed by atoms with van der Waals surface area (Å²) in [5, 5.41) is 9.30. The third-order valence-corrected chi connectivity index (χ3v) is 5.62. The first-order valence-corrected chi connectivity index (χ1v) is 11.2. The Morgan fingerprint density at radius 2 is 1.97 bits per heavy atom. The predicted molar refractivity (Wildman–Crippen MR) is 123 cm³/mol. The van der Waals surface area contributed by atoms with E-state index in [0.717, 1.165) is 31.7 Å². The van der Waals surface area contributed by atoms with Gasteiger partial charge in [-0.15, -0.1) is 0 Å². The Labute approximate surface area is 184 Å². The molecule has 2 aromatic carbocycles. The van der Waals surface area contributed by atoms with Crippen molar-refractivity contribution in [2.75, 3.05) is 25.0 Å². The molecule has 3 N–H and O–H groups in total. The maximum Gasteiger partial charge on any atom is 0.338 e. The minimum atomic E-state index is -0.392. The summed E-state index contributed by atoms with van der Waals surface area (Å²) in [5.74, 6) is 0.327. The summed E-state index contributed by atoms with van der Waals surface area (Å²) in [6.07, 6.45) is 5.51. The van der Waals surface area contributed by atoms with Crippen LogP contribution in [0.4, 0.5) is 10.5 Å². The highest BCUT2D eigenvalue weighted by atomic mass is 16.5. The van der Waals surface area contributed by atoms with Gasteiger partial charge in [0, 0.05) is 18.3 Å². The van der Waals surface area contributed by atoms with Gasteiger partial charge in [0.2, 0.25) is 0 Å². The molecule has 1 saturated heterocycles. The number of hydrogen-bond acceptors (Lipinski definition) is 4. The van der Waals surface area contributed by atoms with Crippen LogP contribution in [0.25, 0.3) is 0 Å². The van der Waals surface area contributed by atoms with Crippen molar-refractivity contribution in [1.29, 1.82) is 0 Å². The molecular formula is C25H33N3O3. The van der Waals surface area contributed by atoms with Gasteiger partial charge in [0.1, 0.15) is 0 Å². The molecule has 3 rings (SSSR count). The lowest BCUT2D eigenvalue weighted by atomic mass is 9.86. The SMILES string of the molecule is CCOC(=O)c1cccc(NC(=O)NCCC[C@H]2C[C@H](Cc3ccccc3)CCN2)c1. The minimum Gasteiger partial charge on any atom is -0.462 e. The molecule has 0 bridgehead atoms. The number of piperidine rings is 1. The van der Waals surface area contributed by atoms with E-state index in [4.69, 9.17) is 4.74 Å². The zero-order valence-electron chi connectivity index (χ0n) is 18.2. The van der Waals surface area contributed by atoms with Gasteiger partial charge >= 0.3 is 12.0 Å². The molecule has 0 aliphatic carbocycles. The van der Waals surface area contributed by atoms with Crippen molar-refractivity contribution < 1.29 is 14.3 Å². The number of nitrogens with one attached hydrogen (secondary N) is 3. The maximum absolute atomic E-state index is 12.2. The Morgan fingerprint density at radius 1 is 1.13 bits per heavy atom. The van der Waals surface area contributed by atoms with Crippen LogP contribution in [0.15, 0.2) is 54.6 Å². The van der Waals surface area contributed by atoms with E-state index >= 15 is 0 Å². The van der Waals surface area contributed by atoms with E-state index in [1.165, 1.54) is 18.4 Å². The predicted octanol–water partition coefficient (Wildman–Crippen LogP) is 4.38. The first-order valence-electron chi connectivity index (χ1n) is 11.2. The van der Waals surface area contributed by atoms with Crippen molar-refractivity contribution in [3.8, 4) is 0 Å². The maximum atomic E-state index is 12.2. The smallest absolute Gasteiger partial charge is 0.338 e. The van der Waals surface area contributed by atoms with Crippen molar-refractivity contribution in [2.45, 2.75) is 45.1 Å². The fraction of sp³-hybridized carbons (Fsp3) is 0.440. The summed E-state index contributed by atoms with van der Waals surface area (Å²) < 4.78 is 4.99. The number of anilines is 1. The van der Waals surface area contributed by atoms with Gasteiger partial charge in [0.25, 0.3) is 0 Å². The molecule has 1 heterocycles. The highest BCUT2D eigenvalue weighted by Crippen LogP contribution is 2.23. The van der Waals surface area contributed by atoms with Crippen LogP contribution in [-0.4, -0.2) is 37.7 Å². The van der Waals surface area contributed by atoms with Crippen molar-refractivity contribution >= 4 is 17.7 Å². The molecule has 1 aliphatic rings. The first kappa shape index (κ1) is 22.8. The first-order chi connectivity index (χ1) is 15.1. The Hall–Kier alpha value is -2.86. The Kier molecular flexibility index (Phi) is 8.91. The second kappa shape index (κ2) is 12.1. The minimum absolute atomic E-state index is 0.264. The zero-order chi connectivity index (χ0) is 21.9. The summed E-state index contributed by atoms with van der Waals surface area (Å²) >= 11 is 0. The molecule has 0 unspecified atom stereocenters. The van der Waals surface area contributed by atoms with E-state index in [-0.39, 0.29) is 6.03 Å². The standard InChI is InChI=1S/C25H33N3O3/c1-2-31-24(29)21-10-6-11-23(18-21)28-25(30)27-14-7-12-22-17-20(13-15-26-22)16-19-8-4-3-5-9-19/h3-6,8-11,18,20,22,26H,2,7,12-17H2,1H3,(H2,27,28,30)/t20-,22-/m0/s1. The number of hydrogen-bond donors (Lipinski definition) is 3. The van der Waals surface area contributed by atoms with Gasteiger partial charge in [-0.05, 0) is 75.3 Å². The molecule has 2 atom stereocenters. The summed E-state index contributed by atoms with van der Waals surface area (Å²) in [5.41, 5.74) is 2.41. The lowest BCUT2D eigenvalue weighted by Crippen LogP contribution is -2.39. The number of carbonyl (C=O) groups is 2. The lowest BCUT2D eigenvalue weighted by molar-refractivity contribution is 0.0526. The number of rotatable bonds is 9. The number of amides is 2. The molecule has 0 radical (unpaired) electrons. The fourth-order valence-corrected chi connectivity index (χ4v) is 4.11. The van der Waals surface area contributed by atoms with Crippen LogP contribution in [-0.2, 0) is 11.2 Å². The van der Waals surface area contributed by atoms with Crippen molar-refractivity contribution in [3.63, 3.8) is 0 Å². The molecule has 0 aromatic heterocycles. The van der Waals surface area contributed by atoms with Crippen molar-refractivity contribution in [2.24, 2.45) is 5.92 Å².